The molecular formula is C4H5N3O8P2S+2. The highest BCUT2D eigenvalue weighted by Gasteiger charge is 2.33. The zero-order valence-electron chi connectivity index (χ0n) is 8.20. The number of hydrogen-bond acceptors (Lipinski definition) is 9. The second-order valence-corrected chi connectivity index (χ2v) is 4.81. The van der Waals surface area contributed by atoms with E-state index in [0.717, 1.165) is 6.20 Å². The molecule has 98 valence electrons. The molecule has 0 amide bonds. The molecule has 0 aliphatic heterocycles. The molecule has 2 unspecified atom stereocenters. The van der Waals surface area contributed by atoms with Crippen molar-refractivity contribution in [1.29, 1.82) is 0 Å². The van der Waals surface area contributed by atoms with E-state index in [-0.39, 0.29) is 10.1 Å². The number of anilines is 1. The van der Waals surface area contributed by atoms with E-state index in [9.17, 15) is 19.2 Å². The van der Waals surface area contributed by atoms with Gasteiger partial charge < -0.3 is 5.32 Å². The number of hydrogen-bond donors (Lipinski definition) is 3. The summed E-state index contributed by atoms with van der Waals surface area (Å²) in [7, 11) is -6.21. The van der Waals surface area contributed by atoms with Gasteiger partial charge in [-0.1, -0.05) is 9.05 Å². The third kappa shape index (κ3) is 5.02. The number of aromatic nitrogens is 1. The molecule has 0 saturated heterocycles. The van der Waals surface area contributed by atoms with Crippen LogP contribution in [0.2, 0.25) is 0 Å². The van der Waals surface area contributed by atoms with Gasteiger partial charge in [0.25, 0.3) is 0 Å². The quantitative estimate of drug-likeness (QED) is 0.287. The molecule has 1 aromatic rings. The van der Waals surface area contributed by atoms with Crippen LogP contribution in [0.25, 0.3) is 0 Å². The topological polar surface area (TPSA) is 161 Å². The van der Waals surface area contributed by atoms with Crippen molar-refractivity contribution < 1.29 is 32.9 Å². The Bertz CT molecular complexity index is 463. The summed E-state index contributed by atoms with van der Waals surface area (Å²) in [5.74, 6) is 0. The van der Waals surface area contributed by atoms with E-state index in [1.807, 2.05) is 0 Å². The average Bonchev–Trinajstić information content (AvgIpc) is 2.63. The van der Waals surface area contributed by atoms with E-state index >= 15 is 0 Å². The minimum atomic E-state index is -3.11. The Labute approximate surface area is 104 Å². The Morgan fingerprint density at radius 1 is 1.44 bits per heavy atom. The van der Waals surface area contributed by atoms with Gasteiger partial charge in [-0.25, -0.2) is 4.98 Å². The molecule has 14 heteroatoms. The molecule has 2 atom stereocenters. The molecule has 0 radical (unpaired) electrons. The smallest absolute Gasteiger partial charge is 0.306 e. The van der Waals surface area contributed by atoms with Gasteiger partial charge in [-0.3, -0.25) is 10.1 Å². The van der Waals surface area contributed by atoms with Crippen LogP contribution in [0, 0.1) is 10.1 Å². The molecule has 3 N–H and O–H groups in total. The van der Waals surface area contributed by atoms with Crippen LogP contribution in [0.5, 0.6) is 0 Å². The van der Waals surface area contributed by atoms with Crippen molar-refractivity contribution in [3.05, 3.63) is 16.3 Å². The van der Waals surface area contributed by atoms with Crippen LogP contribution in [-0.2, 0) is 18.2 Å². The first-order chi connectivity index (χ1) is 8.38. The number of nitrogens with one attached hydrogen (secondary N) is 1. The Morgan fingerprint density at radius 2 is 2.00 bits per heavy atom. The summed E-state index contributed by atoms with van der Waals surface area (Å²) in [4.78, 5) is 30.2. The van der Waals surface area contributed by atoms with Crippen molar-refractivity contribution in [2.75, 3.05) is 5.32 Å². The molecule has 0 aliphatic rings. The van der Waals surface area contributed by atoms with Crippen molar-refractivity contribution in [2.45, 2.75) is 6.41 Å². The summed E-state index contributed by atoms with van der Waals surface area (Å²) in [5, 5.41) is 12.2. The van der Waals surface area contributed by atoms with Gasteiger partial charge in [0.2, 0.25) is 0 Å². The van der Waals surface area contributed by atoms with Crippen molar-refractivity contribution in [3.8, 4) is 0 Å². The first-order valence-electron chi connectivity index (χ1n) is 3.91. The largest absolute Gasteiger partial charge is 0.699 e. The Hall–Kier alpha value is -1.13. The first kappa shape index (κ1) is 14.9. The van der Waals surface area contributed by atoms with Gasteiger partial charge in [-0.2, -0.15) is 0 Å². The Morgan fingerprint density at radius 3 is 2.39 bits per heavy atom. The van der Waals surface area contributed by atoms with Crippen LogP contribution < -0.4 is 5.32 Å². The summed E-state index contributed by atoms with van der Waals surface area (Å²) in [6, 6.07) is 0. The fourth-order valence-corrected chi connectivity index (χ4v) is 1.98. The lowest BCUT2D eigenvalue weighted by Gasteiger charge is -2.02. The molecule has 0 aromatic carbocycles. The van der Waals surface area contributed by atoms with Crippen molar-refractivity contribution in [2.24, 2.45) is 0 Å². The third-order valence-electron chi connectivity index (χ3n) is 1.29. The second kappa shape index (κ2) is 6.71. The molecule has 0 spiro atoms. The van der Waals surface area contributed by atoms with Gasteiger partial charge in [0, 0.05) is 9.13 Å². The zero-order chi connectivity index (χ0) is 13.7. The molecule has 1 aromatic heterocycles. The van der Waals surface area contributed by atoms with E-state index < -0.39 is 27.8 Å². The van der Waals surface area contributed by atoms with Gasteiger partial charge in [-0.05, 0) is 11.3 Å². The van der Waals surface area contributed by atoms with E-state index in [1.54, 1.807) is 0 Å². The summed E-state index contributed by atoms with van der Waals surface area (Å²) >= 11 is 0.589. The summed E-state index contributed by atoms with van der Waals surface area (Å²) in [5.41, 5.74) is 0. The molecule has 1 heterocycles. The molecule has 0 fully saturated rings. The monoisotopic (exact) mass is 317 g/mol. The van der Waals surface area contributed by atoms with Crippen LogP contribution in [0.1, 0.15) is 0 Å². The lowest BCUT2D eigenvalue weighted by atomic mass is 10.9. The van der Waals surface area contributed by atoms with Crippen LogP contribution in [-0.4, -0.2) is 26.1 Å². The lowest BCUT2D eigenvalue weighted by Crippen LogP contribution is -2.21. The highest BCUT2D eigenvalue weighted by Crippen LogP contribution is 2.30. The standard InChI is InChI=1S/C4H3N3O8P2S/c8-7(9)2-1-5-3(18-2)6-4(14-16(10)11)15-17(12)13/h1,4H,(H-2,5,6,10,11,12,13)/p+2. The normalized spacial score (nSPS) is 13.9. The van der Waals surface area contributed by atoms with Gasteiger partial charge in [0.05, 0.1) is 4.92 Å². The lowest BCUT2D eigenvalue weighted by molar-refractivity contribution is -0.380. The van der Waals surface area contributed by atoms with Crippen molar-refractivity contribution in [1.82, 2.24) is 4.98 Å². The Kier molecular flexibility index (Phi) is 5.56. The van der Waals surface area contributed by atoms with Crippen molar-refractivity contribution >= 4 is 38.0 Å². The molecule has 11 nitrogen and oxygen atoms in total. The predicted molar refractivity (Wildman–Crippen MR) is 58.0 cm³/mol. The molecule has 0 bridgehead atoms. The molecule has 0 saturated carbocycles. The first-order valence-corrected chi connectivity index (χ1v) is 6.98. The minimum absolute atomic E-state index is 0.0830. The summed E-state index contributed by atoms with van der Waals surface area (Å²) in [6.07, 6.45) is -0.805. The van der Waals surface area contributed by atoms with E-state index in [2.05, 4.69) is 19.3 Å². The molecule has 1 rings (SSSR count). The van der Waals surface area contributed by atoms with Gasteiger partial charge in [-0.15, -0.1) is 9.79 Å². The molecule has 0 aliphatic carbocycles. The van der Waals surface area contributed by atoms with E-state index in [0.29, 0.717) is 11.3 Å². The number of nitrogens with zero attached hydrogens (tertiary/aromatic N) is 2. The highest BCUT2D eigenvalue weighted by molar-refractivity contribution is 7.32. The Balaban J connectivity index is 2.71. The van der Waals surface area contributed by atoms with Gasteiger partial charge >= 0.3 is 27.9 Å². The average molecular weight is 317 g/mol. The van der Waals surface area contributed by atoms with Crippen LogP contribution >= 0.6 is 27.8 Å². The third-order valence-corrected chi connectivity index (χ3v) is 2.91. The fraction of sp³-hybridized carbons (Fsp3) is 0.250. The SMILES string of the molecule is O=[N+]([O-])c1cnc(NC(O[P+](=O)O)O[P+](=O)O)s1. The maximum absolute atomic E-state index is 10.4. The summed E-state index contributed by atoms with van der Waals surface area (Å²) in [6.45, 7) is 0. The zero-order valence-corrected chi connectivity index (χ0v) is 10.8. The fourth-order valence-electron chi connectivity index (χ4n) is 0.753. The van der Waals surface area contributed by atoms with Crippen LogP contribution in [0.3, 0.4) is 0 Å². The molecule has 18 heavy (non-hydrogen) atoms. The predicted octanol–water partition coefficient (Wildman–Crippen LogP) is 1.08. The number of rotatable bonds is 7. The maximum Gasteiger partial charge on any atom is 0.699 e. The number of nitro groups is 1. The van der Waals surface area contributed by atoms with Gasteiger partial charge in [0.1, 0.15) is 6.20 Å². The second-order valence-electron chi connectivity index (χ2n) is 2.42. The maximum atomic E-state index is 10.4. The minimum Gasteiger partial charge on any atom is -0.306 e. The van der Waals surface area contributed by atoms with Crippen LogP contribution in [0.4, 0.5) is 10.1 Å². The summed E-state index contributed by atoms with van der Waals surface area (Å²) < 4.78 is 29.2. The highest BCUT2D eigenvalue weighted by atomic mass is 32.1. The van der Waals surface area contributed by atoms with E-state index in [1.165, 1.54) is 0 Å². The number of thiazole rings is 1. The van der Waals surface area contributed by atoms with Gasteiger partial charge in [0.15, 0.2) is 5.13 Å². The van der Waals surface area contributed by atoms with Crippen molar-refractivity contribution in [3.63, 3.8) is 0 Å². The molecular weight excluding hydrogens is 312 g/mol. The van der Waals surface area contributed by atoms with E-state index in [4.69, 9.17) is 9.79 Å². The van der Waals surface area contributed by atoms with Crippen LogP contribution in [0.15, 0.2) is 6.20 Å².